The van der Waals surface area contributed by atoms with E-state index in [0.717, 1.165) is 44.9 Å². The number of hydrogen-bond acceptors (Lipinski definition) is 5. The van der Waals surface area contributed by atoms with E-state index in [-0.39, 0.29) is 40.9 Å². The zero-order valence-electron chi connectivity index (χ0n) is 18.6. The fourth-order valence-corrected chi connectivity index (χ4v) is 3.55. The Labute approximate surface area is 212 Å². The van der Waals surface area contributed by atoms with Crippen LogP contribution < -0.4 is 34.3 Å². The van der Waals surface area contributed by atoms with Crippen molar-refractivity contribution in [1.82, 2.24) is 4.90 Å². The topological polar surface area (TPSA) is 69.7 Å². The van der Waals surface area contributed by atoms with Gasteiger partial charge in [0.1, 0.15) is 15.9 Å². The maximum Gasteiger partial charge on any atom is 1.00 e. The first-order valence-corrected chi connectivity index (χ1v) is 11.8. The number of hydrogen-bond donors (Lipinski definition) is 0. The smallest absolute Gasteiger partial charge is 0.744 e. The molecule has 0 heterocycles. The average molecular weight is 515 g/mol. The van der Waals surface area contributed by atoms with E-state index < -0.39 is 34.2 Å². The van der Waals surface area contributed by atoms with Gasteiger partial charge in [0.2, 0.25) is 0 Å². The van der Waals surface area contributed by atoms with Gasteiger partial charge in [-0.1, -0.05) is 51.4 Å². The maximum absolute atomic E-state index is 12.3. The van der Waals surface area contributed by atoms with Crippen LogP contribution >= 0.6 is 0 Å². The van der Waals surface area contributed by atoms with E-state index in [4.69, 9.17) is 4.74 Å². The quantitative estimate of drug-likeness (QED) is 0.118. The predicted molar refractivity (Wildman–Crippen MR) is 105 cm³/mol. The normalized spacial score (nSPS) is 12.6. The van der Waals surface area contributed by atoms with Crippen molar-refractivity contribution in [2.45, 2.75) is 81.7 Å². The summed E-state index contributed by atoms with van der Waals surface area (Å²) in [7, 11) is -4.47. The molecule has 1 aromatic carbocycles. The number of benzene rings is 1. The number of rotatable bonds is 15. The van der Waals surface area contributed by atoms with Crippen LogP contribution in [0.15, 0.2) is 29.2 Å². The van der Waals surface area contributed by atoms with Gasteiger partial charge in [-0.05, 0) is 37.1 Å². The Morgan fingerprint density at radius 1 is 0.727 bits per heavy atom. The minimum absolute atomic E-state index is 0. The first-order chi connectivity index (χ1) is 14.8. The predicted octanol–water partition coefficient (Wildman–Crippen LogP) is 3.22. The Balaban J connectivity index is 0.0000102. The molecule has 0 aliphatic carbocycles. The Hall–Kier alpha value is -0.530. The standard InChI is InChI=1S/C20H29F6NO4S.Na/c21-19(22,23)27(20(24,25)26)15-9-7-5-3-1-2-4-6-8-10-16-31-17-11-13-18(14-12-17)32(28,29)30;/h11-14H,1-10,15-16H2,(H,28,29,30);/q;+1/p-1. The van der Waals surface area contributed by atoms with Crippen molar-refractivity contribution in [1.29, 1.82) is 0 Å². The molecule has 0 amide bonds. The molecular formula is C20H28F6NNaO4S. The van der Waals surface area contributed by atoms with Gasteiger partial charge in [0.25, 0.3) is 0 Å². The van der Waals surface area contributed by atoms with E-state index in [1.54, 1.807) is 0 Å². The SMILES string of the molecule is O=S(=O)([O-])c1ccc(OCCCCCCCCCCCCN(C(F)(F)F)C(F)(F)F)cc1.[Na+]. The molecule has 33 heavy (non-hydrogen) atoms. The summed E-state index contributed by atoms with van der Waals surface area (Å²) in [6, 6.07) is 5.24. The molecule has 0 atom stereocenters. The van der Waals surface area contributed by atoms with Gasteiger partial charge in [0.15, 0.2) is 0 Å². The third-order valence-corrected chi connectivity index (χ3v) is 5.62. The Kier molecular flexibility index (Phi) is 15.2. The number of halogens is 6. The monoisotopic (exact) mass is 515 g/mol. The zero-order valence-corrected chi connectivity index (χ0v) is 21.4. The fourth-order valence-electron chi connectivity index (χ4n) is 3.08. The van der Waals surface area contributed by atoms with Crippen molar-refractivity contribution in [2.75, 3.05) is 13.2 Å². The number of unbranched alkanes of at least 4 members (excludes halogenated alkanes) is 9. The van der Waals surface area contributed by atoms with Crippen molar-refractivity contribution >= 4 is 10.1 Å². The first-order valence-electron chi connectivity index (χ1n) is 10.4. The summed E-state index contributed by atoms with van der Waals surface area (Å²) in [5, 5.41) is 0. The van der Waals surface area contributed by atoms with E-state index in [2.05, 4.69) is 0 Å². The van der Waals surface area contributed by atoms with E-state index >= 15 is 0 Å². The molecule has 0 fully saturated rings. The van der Waals surface area contributed by atoms with Crippen LogP contribution in [0.4, 0.5) is 26.3 Å². The molecule has 0 N–H and O–H groups in total. The Morgan fingerprint density at radius 2 is 1.12 bits per heavy atom. The maximum atomic E-state index is 12.3. The summed E-state index contributed by atoms with van der Waals surface area (Å²) in [6.07, 6.45) is -3.76. The summed E-state index contributed by atoms with van der Waals surface area (Å²) >= 11 is 0. The van der Waals surface area contributed by atoms with Gasteiger partial charge >= 0.3 is 42.2 Å². The second kappa shape index (κ2) is 15.5. The molecular weight excluding hydrogens is 487 g/mol. The van der Waals surface area contributed by atoms with Gasteiger partial charge in [-0.25, -0.2) is 8.42 Å². The fraction of sp³-hybridized carbons (Fsp3) is 0.700. The molecule has 0 aliphatic heterocycles. The molecule has 0 unspecified atom stereocenters. The molecule has 0 aliphatic rings. The van der Waals surface area contributed by atoms with Crippen molar-refractivity contribution in [2.24, 2.45) is 0 Å². The molecule has 1 rings (SSSR count). The van der Waals surface area contributed by atoms with E-state index in [0.29, 0.717) is 25.2 Å². The molecule has 0 saturated heterocycles. The van der Waals surface area contributed by atoms with Crippen molar-refractivity contribution in [3.05, 3.63) is 24.3 Å². The Bertz CT molecular complexity index is 743. The molecule has 0 radical (unpaired) electrons. The van der Waals surface area contributed by atoms with Crippen LogP contribution in [0.25, 0.3) is 0 Å². The molecule has 13 heteroatoms. The third kappa shape index (κ3) is 14.5. The van der Waals surface area contributed by atoms with Crippen molar-refractivity contribution < 1.29 is 73.6 Å². The largest absolute Gasteiger partial charge is 1.00 e. The first kappa shape index (κ1) is 32.5. The number of alkyl halides is 6. The summed E-state index contributed by atoms with van der Waals surface area (Å²) in [4.78, 5) is -1.69. The van der Waals surface area contributed by atoms with E-state index in [1.807, 2.05) is 0 Å². The van der Waals surface area contributed by atoms with Gasteiger partial charge in [0, 0.05) is 6.54 Å². The molecule has 1 aromatic rings. The van der Waals surface area contributed by atoms with Crippen LogP contribution in [0.1, 0.15) is 64.2 Å². The number of ether oxygens (including phenoxy) is 1. The molecule has 0 bridgehead atoms. The van der Waals surface area contributed by atoms with Crippen LogP contribution in [0.5, 0.6) is 5.75 Å². The van der Waals surface area contributed by atoms with Gasteiger partial charge in [-0.3, -0.25) is 0 Å². The second-order valence-corrected chi connectivity index (χ2v) is 8.78. The van der Waals surface area contributed by atoms with E-state index in [1.165, 1.54) is 24.3 Å². The molecule has 0 spiro atoms. The number of nitrogens with zero attached hydrogens (tertiary/aromatic N) is 1. The van der Waals surface area contributed by atoms with Gasteiger partial charge < -0.3 is 9.29 Å². The zero-order chi connectivity index (χ0) is 24.3. The minimum Gasteiger partial charge on any atom is -0.744 e. The van der Waals surface area contributed by atoms with Gasteiger partial charge in [-0.2, -0.15) is 26.3 Å². The molecule has 0 saturated carbocycles. The summed E-state index contributed by atoms with van der Waals surface area (Å²) in [5.41, 5.74) is 0. The minimum atomic E-state index is -5.41. The molecule has 0 aromatic heterocycles. The Morgan fingerprint density at radius 3 is 1.52 bits per heavy atom. The average Bonchev–Trinajstić information content (AvgIpc) is 2.66. The summed E-state index contributed by atoms with van der Waals surface area (Å²) in [5.74, 6) is 0.478. The van der Waals surface area contributed by atoms with Crippen molar-refractivity contribution in [3.8, 4) is 5.75 Å². The third-order valence-electron chi connectivity index (χ3n) is 4.77. The van der Waals surface area contributed by atoms with E-state index in [9.17, 15) is 39.3 Å². The van der Waals surface area contributed by atoms with Gasteiger partial charge in [0.05, 0.1) is 11.5 Å². The molecule has 5 nitrogen and oxygen atoms in total. The summed E-state index contributed by atoms with van der Waals surface area (Å²) in [6.45, 7) is -0.618. The van der Waals surface area contributed by atoms with Crippen LogP contribution in [0.2, 0.25) is 0 Å². The van der Waals surface area contributed by atoms with Crippen LogP contribution in [-0.2, 0) is 10.1 Å². The van der Waals surface area contributed by atoms with Crippen molar-refractivity contribution in [3.63, 3.8) is 0 Å². The van der Waals surface area contributed by atoms with Crippen LogP contribution in [-0.4, -0.2) is 43.6 Å². The van der Waals surface area contributed by atoms with Gasteiger partial charge in [-0.15, -0.1) is 4.90 Å². The summed E-state index contributed by atoms with van der Waals surface area (Å²) < 4.78 is 112. The van der Waals surface area contributed by atoms with Crippen LogP contribution in [0.3, 0.4) is 0 Å². The second-order valence-electron chi connectivity index (χ2n) is 7.40. The van der Waals surface area contributed by atoms with Crippen LogP contribution in [0, 0.1) is 0 Å². The molecule has 186 valence electrons.